The van der Waals surface area contributed by atoms with Gasteiger partial charge in [0.25, 0.3) is 0 Å². The van der Waals surface area contributed by atoms with E-state index in [-0.39, 0.29) is 9.79 Å². The van der Waals surface area contributed by atoms with Crippen LogP contribution in [0.4, 0.5) is 0 Å². The van der Waals surface area contributed by atoms with E-state index in [1.54, 1.807) is 28.9 Å². The van der Waals surface area contributed by atoms with E-state index in [0.29, 0.717) is 47.7 Å². The first-order chi connectivity index (χ1) is 20.2. The van der Waals surface area contributed by atoms with Gasteiger partial charge >= 0.3 is 0 Å². The second kappa shape index (κ2) is 12.1. The van der Waals surface area contributed by atoms with Gasteiger partial charge in [0.15, 0.2) is 0 Å². The number of aromatic nitrogens is 3. The van der Waals surface area contributed by atoms with Crippen LogP contribution >= 0.6 is 69.5 Å². The average Bonchev–Trinajstić information content (AvgIpc) is 3.60. The fourth-order valence-electron chi connectivity index (χ4n) is 4.19. The Kier molecular flexibility index (Phi) is 8.40. The van der Waals surface area contributed by atoms with Crippen LogP contribution in [0.5, 0.6) is 0 Å². The molecule has 0 amide bonds. The number of sulfone groups is 1. The quantitative estimate of drug-likeness (QED) is 0.167. The molecule has 2 aromatic heterocycles. The van der Waals surface area contributed by atoms with Crippen molar-refractivity contribution in [2.75, 3.05) is 0 Å². The lowest BCUT2D eigenvalue weighted by Gasteiger charge is -2.09. The van der Waals surface area contributed by atoms with Crippen molar-refractivity contribution in [3.05, 3.63) is 123 Å². The summed E-state index contributed by atoms with van der Waals surface area (Å²) in [6, 6.07) is 28.0. The van der Waals surface area contributed by atoms with Gasteiger partial charge in [-0.15, -0.1) is 0 Å². The summed E-state index contributed by atoms with van der Waals surface area (Å²) in [4.78, 5) is 6.05. The highest BCUT2D eigenvalue weighted by molar-refractivity contribution is 8.01. The van der Waals surface area contributed by atoms with E-state index in [4.69, 9.17) is 51.4 Å². The molecule has 42 heavy (non-hydrogen) atoms. The van der Waals surface area contributed by atoms with E-state index in [1.165, 1.54) is 41.4 Å². The standard InChI is InChI=1S/C30H17Cl4N3O2S3/c31-19-6-11-22(12-7-19)40-29-27(24-15-10-21(33)16-25(24)34)36-30(41-29)37-28(18-4-2-1-3-5-18)26(17-35-37)42(38,39)23-13-8-20(32)9-14-23/h1-17H. The van der Waals surface area contributed by atoms with Crippen molar-refractivity contribution in [1.82, 2.24) is 14.8 Å². The minimum Gasteiger partial charge on any atom is -0.218 e. The molecule has 0 spiro atoms. The Bertz CT molecular complexity index is 2010. The van der Waals surface area contributed by atoms with Crippen molar-refractivity contribution >= 4 is 79.3 Å². The summed E-state index contributed by atoms with van der Waals surface area (Å²) in [7, 11) is -3.96. The third-order valence-corrected chi connectivity index (χ3v) is 11.2. The number of thiazole rings is 1. The first-order valence-corrected chi connectivity index (χ1v) is 16.9. The Morgan fingerprint density at radius 1 is 0.762 bits per heavy atom. The van der Waals surface area contributed by atoms with E-state index in [0.717, 1.165) is 9.10 Å². The van der Waals surface area contributed by atoms with Crippen molar-refractivity contribution < 1.29 is 8.42 Å². The van der Waals surface area contributed by atoms with Gasteiger partial charge in [-0.25, -0.2) is 18.1 Å². The predicted octanol–water partition coefficient (Wildman–Crippen LogP) is 10.3. The van der Waals surface area contributed by atoms with Crippen LogP contribution in [0.2, 0.25) is 20.1 Å². The molecule has 6 rings (SSSR count). The van der Waals surface area contributed by atoms with E-state index in [1.807, 2.05) is 60.7 Å². The van der Waals surface area contributed by atoms with Crippen LogP contribution in [0.25, 0.3) is 27.6 Å². The molecule has 0 saturated carbocycles. The first-order valence-electron chi connectivity index (χ1n) is 12.2. The minimum atomic E-state index is -3.96. The molecule has 0 bridgehead atoms. The zero-order valence-corrected chi connectivity index (χ0v) is 26.7. The summed E-state index contributed by atoms with van der Waals surface area (Å²) >= 11 is 27.8. The number of hydrogen-bond acceptors (Lipinski definition) is 6. The molecule has 0 fully saturated rings. The fourth-order valence-corrected chi connectivity index (χ4v) is 8.53. The lowest BCUT2D eigenvalue weighted by Crippen LogP contribution is -2.05. The summed E-state index contributed by atoms with van der Waals surface area (Å²) in [5, 5.41) is 7.02. The Labute approximate surface area is 270 Å². The molecular weight excluding hydrogens is 672 g/mol. The number of benzene rings is 4. The van der Waals surface area contributed by atoms with Crippen LogP contribution in [-0.2, 0) is 9.84 Å². The highest BCUT2D eigenvalue weighted by Crippen LogP contribution is 2.45. The maximum atomic E-state index is 13.9. The molecular formula is C30H17Cl4N3O2S3. The fraction of sp³-hybridized carbons (Fsp3) is 0. The Balaban J connectivity index is 1.55. The number of halogens is 4. The molecule has 0 N–H and O–H groups in total. The summed E-state index contributed by atoms with van der Waals surface area (Å²) in [6.45, 7) is 0. The second-order valence-electron chi connectivity index (χ2n) is 8.91. The highest BCUT2D eigenvalue weighted by atomic mass is 35.5. The van der Waals surface area contributed by atoms with Crippen LogP contribution in [0.3, 0.4) is 0 Å². The van der Waals surface area contributed by atoms with Gasteiger partial charge in [-0.2, -0.15) is 5.10 Å². The molecule has 4 aromatic carbocycles. The van der Waals surface area contributed by atoms with E-state index >= 15 is 0 Å². The van der Waals surface area contributed by atoms with Crippen LogP contribution in [0, 0.1) is 0 Å². The largest absolute Gasteiger partial charge is 0.218 e. The van der Waals surface area contributed by atoms with Crippen molar-refractivity contribution in [3.63, 3.8) is 0 Å². The molecule has 0 aliphatic rings. The van der Waals surface area contributed by atoms with Gasteiger partial charge in [-0.3, -0.25) is 0 Å². The van der Waals surface area contributed by atoms with E-state index < -0.39 is 9.84 Å². The number of hydrogen-bond donors (Lipinski definition) is 0. The third kappa shape index (κ3) is 5.85. The van der Waals surface area contributed by atoms with E-state index in [9.17, 15) is 8.42 Å². The summed E-state index contributed by atoms with van der Waals surface area (Å²) in [6.07, 6.45) is 1.36. The average molecular weight is 689 g/mol. The predicted molar refractivity (Wildman–Crippen MR) is 173 cm³/mol. The summed E-state index contributed by atoms with van der Waals surface area (Å²) < 4.78 is 30.1. The zero-order valence-electron chi connectivity index (χ0n) is 21.2. The third-order valence-electron chi connectivity index (χ3n) is 6.17. The molecule has 6 aromatic rings. The van der Waals surface area contributed by atoms with Crippen molar-refractivity contribution in [2.24, 2.45) is 0 Å². The highest BCUT2D eigenvalue weighted by Gasteiger charge is 2.29. The van der Waals surface area contributed by atoms with Crippen molar-refractivity contribution in [2.45, 2.75) is 18.9 Å². The topological polar surface area (TPSA) is 64.8 Å². The Morgan fingerprint density at radius 2 is 1.40 bits per heavy atom. The molecule has 0 unspecified atom stereocenters. The normalized spacial score (nSPS) is 11.6. The molecule has 0 atom stereocenters. The molecule has 5 nitrogen and oxygen atoms in total. The monoisotopic (exact) mass is 687 g/mol. The molecule has 0 aliphatic carbocycles. The van der Waals surface area contributed by atoms with Gasteiger partial charge < -0.3 is 0 Å². The van der Waals surface area contributed by atoms with Crippen LogP contribution < -0.4 is 0 Å². The Morgan fingerprint density at radius 3 is 2.07 bits per heavy atom. The van der Waals surface area contributed by atoms with Gasteiger partial charge in [0.2, 0.25) is 15.0 Å². The molecule has 0 aliphatic heterocycles. The van der Waals surface area contributed by atoms with Gasteiger partial charge in [0, 0.05) is 31.1 Å². The number of rotatable bonds is 7. The SMILES string of the molecule is O=S(=O)(c1ccc(Cl)cc1)c1cnn(-c2nc(-c3ccc(Cl)cc3Cl)c(Sc3ccc(Cl)cc3)s2)c1-c1ccccc1. The summed E-state index contributed by atoms with van der Waals surface area (Å²) in [5.74, 6) is 0. The van der Waals surface area contributed by atoms with Crippen LogP contribution in [-0.4, -0.2) is 23.2 Å². The zero-order chi connectivity index (χ0) is 29.4. The molecule has 2 heterocycles. The smallest absolute Gasteiger partial charge is 0.212 e. The van der Waals surface area contributed by atoms with E-state index in [2.05, 4.69) is 5.10 Å². The van der Waals surface area contributed by atoms with Crippen molar-refractivity contribution in [1.29, 1.82) is 0 Å². The molecule has 0 saturated heterocycles. The molecule has 0 radical (unpaired) electrons. The lowest BCUT2D eigenvalue weighted by atomic mass is 10.1. The van der Waals surface area contributed by atoms with Crippen molar-refractivity contribution in [3.8, 4) is 27.6 Å². The summed E-state index contributed by atoms with van der Waals surface area (Å²) in [5.41, 5.74) is 2.35. The maximum Gasteiger partial charge on any atom is 0.212 e. The van der Waals surface area contributed by atoms with Gasteiger partial charge in [-0.05, 0) is 66.7 Å². The van der Waals surface area contributed by atoms with Gasteiger partial charge in [0.1, 0.15) is 4.90 Å². The van der Waals surface area contributed by atoms with Gasteiger partial charge in [0.05, 0.1) is 31.7 Å². The van der Waals surface area contributed by atoms with Crippen LogP contribution in [0.1, 0.15) is 0 Å². The molecule has 210 valence electrons. The van der Waals surface area contributed by atoms with Crippen LogP contribution in [0.15, 0.2) is 122 Å². The lowest BCUT2D eigenvalue weighted by molar-refractivity contribution is 0.596. The maximum absolute atomic E-state index is 13.9. The second-order valence-corrected chi connectivity index (χ2v) is 14.9. The number of nitrogens with zero attached hydrogens (tertiary/aromatic N) is 3. The minimum absolute atomic E-state index is 0.0456. The molecule has 12 heteroatoms. The van der Waals surface area contributed by atoms with Gasteiger partial charge in [-0.1, -0.05) is 99.8 Å². The first kappa shape index (κ1) is 29.3. The Hall–Kier alpha value is -2.82.